The predicted octanol–water partition coefficient (Wildman–Crippen LogP) is 1.36. The van der Waals surface area contributed by atoms with E-state index in [4.69, 9.17) is 5.11 Å². The third-order valence-corrected chi connectivity index (χ3v) is 2.53. The number of aliphatic hydroxyl groups is 1. The van der Waals surface area contributed by atoms with Gasteiger partial charge in [-0.15, -0.1) is 0 Å². The van der Waals surface area contributed by atoms with Gasteiger partial charge in [-0.25, -0.2) is 4.79 Å². The molecule has 0 bridgehead atoms. The number of nitrogens with zero attached hydrogens (tertiary/aromatic N) is 2. The molecule has 5 nitrogen and oxygen atoms in total. The summed E-state index contributed by atoms with van der Waals surface area (Å²) < 4.78 is 1.64. The number of hydrogen-bond acceptors (Lipinski definition) is 3. The van der Waals surface area contributed by atoms with Crippen LogP contribution in [0.2, 0.25) is 0 Å². The van der Waals surface area contributed by atoms with Crippen molar-refractivity contribution in [1.82, 2.24) is 9.78 Å². The Kier molecular flexibility index (Phi) is 3.38. The van der Waals surface area contributed by atoms with Crippen LogP contribution in [0.3, 0.4) is 0 Å². The fourth-order valence-electron chi connectivity index (χ4n) is 1.60. The smallest absolute Gasteiger partial charge is 0.339 e. The Morgan fingerprint density at radius 1 is 1.44 bits per heavy atom. The molecule has 0 aromatic carbocycles. The first kappa shape index (κ1) is 12.7. The lowest BCUT2D eigenvalue weighted by molar-refractivity contribution is 0.0649. The monoisotopic (exact) mass is 226 g/mol. The van der Waals surface area contributed by atoms with Gasteiger partial charge in [0, 0.05) is 6.54 Å². The number of carbonyl (C=O) groups is 1. The number of carboxylic acid groups (broad SMARTS) is 1. The van der Waals surface area contributed by atoms with Gasteiger partial charge < -0.3 is 10.2 Å². The molecule has 0 saturated heterocycles. The molecule has 0 aliphatic heterocycles. The maximum absolute atomic E-state index is 11.0. The van der Waals surface area contributed by atoms with Crippen LogP contribution in [0, 0.1) is 13.8 Å². The minimum absolute atomic E-state index is 0.260. The normalized spacial score (nSPS) is 11.8. The zero-order valence-corrected chi connectivity index (χ0v) is 10.1. The van der Waals surface area contributed by atoms with E-state index in [1.165, 1.54) is 0 Å². The third kappa shape index (κ3) is 2.82. The lowest BCUT2D eigenvalue weighted by atomic mass is 10.1. The molecular weight excluding hydrogens is 208 g/mol. The van der Waals surface area contributed by atoms with Crippen molar-refractivity contribution < 1.29 is 15.0 Å². The van der Waals surface area contributed by atoms with Crippen molar-refractivity contribution in [2.45, 2.75) is 46.3 Å². The lowest BCUT2D eigenvalue weighted by Crippen LogP contribution is -2.21. The predicted molar refractivity (Wildman–Crippen MR) is 59.6 cm³/mol. The van der Waals surface area contributed by atoms with Crippen LogP contribution in [0.25, 0.3) is 0 Å². The molecule has 0 atom stereocenters. The topological polar surface area (TPSA) is 75.3 Å². The second-order valence-corrected chi connectivity index (χ2v) is 4.64. The molecule has 5 heteroatoms. The zero-order valence-electron chi connectivity index (χ0n) is 10.1. The van der Waals surface area contributed by atoms with Crippen LogP contribution in [-0.4, -0.2) is 31.6 Å². The van der Waals surface area contributed by atoms with E-state index >= 15 is 0 Å². The first-order chi connectivity index (χ1) is 7.22. The molecule has 1 aromatic rings. The highest BCUT2D eigenvalue weighted by Gasteiger charge is 2.19. The summed E-state index contributed by atoms with van der Waals surface area (Å²) in [6.45, 7) is 7.36. The van der Waals surface area contributed by atoms with Gasteiger partial charge in [0.05, 0.1) is 17.0 Å². The van der Waals surface area contributed by atoms with Crippen LogP contribution in [0.1, 0.15) is 42.0 Å². The van der Waals surface area contributed by atoms with Crippen LogP contribution >= 0.6 is 0 Å². The van der Waals surface area contributed by atoms with Crippen LogP contribution in [0.15, 0.2) is 0 Å². The van der Waals surface area contributed by atoms with Gasteiger partial charge in [0.2, 0.25) is 0 Å². The van der Waals surface area contributed by atoms with Gasteiger partial charge in [-0.05, 0) is 34.1 Å². The average Bonchev–Trinajstić information content (AvgIpc) is 2.36. The van der Waals surface area contributed by atoms with Crippen LogP contribution in [0.5, 0.6) is 0 Å². The molecule has 2 N–H and O–H groups in total. The number of aryl methyl sites for hydroxylation is 2. The van der Waals surface area contributed by atoms with Gasteiger partial charge in [-0.1, -0.05) is 0 Å². The van der Waals surface area contributed by atoms with Gasteiger partial charge in [-0.2, -0.15) is 5.10 Å². The van der Waals surface area contributed by atoms with Crippen molar-refractivity contribution in [2.75, 3.05) is 0 Å². The number of carboxylic acids is 1. The number of rotatable bonds is 4. The highest BCUT2D eigenvalue weighted by Crippen LogP contribution is 2.15. The van der Waals surface area contributed by atoms with Crippen LogP contribution in [-0.2, 0) is 6.54 Å². The summed E-state index contributed by atoms with van der Waals surface area (Å²) >= 11 is 0. The second kappa shape index (κ2) is 4.25. The molecule has 1 aromatic heterocycles. The van der Waals surface area contributed by atoms with E-state index in [0.717, 1.165) is 0 Å². The fraction of sp³-hybridized carbons (Fsp3) is 0.636. The highest BCUT2D eigenvalue weighted by molar-refractivity contribution is 5.90. The fourth-order valence-corrected chi connectivity index (χ4v) is 1.60. The molecule has 0 amide bonds. The summed E-state index contributed by atoms with van der Waals surface area (Å²) in [6, 6.07) is 0. The summed E-state index contributed by atoms with van der Waals surface area (Å²) in [5.74, 6) is -0.954. The molecule has 0 fully saturated rings. The summed E-state index contributed by atoms with van der Waals surface area (Å²) in [4.78, 5) is 11.0. The minimum Gasteiger partial charge on any atom is -0.478 e. The van der Waals surface area contributed by atoms with E-state index in [0.29, 0.717) is 24.4 Å². The Morgan fingerprint density at radius 3 is 2.38 bits per heavy atom. The van der Waals surface area contributed by atoms with Gasteiger partial charge in [0.25, 0.3) is 0 Å². The summed E-state index contributed by atoms with van der Waals surface area (Å²) in [5, 5.41) is 22.7. The molecule has 0 saturated carbocycles. The number of aromatic carboxylic acids is 1. The molecule has 1 rings (SSSR count). The molecule has 90 valence electrons. The van der Waals surface area contributed by atoms with E-state index in [1.54, 1.807) is 32.4 Å². The van der Waals surface area contributed by atoms with Crippen molar-refractivity contribution in [3.8, 4) is 0 Å². The van der Waals surface area contributed by atoms with Crippen molar-refractivity contribution in [1.29, 1.82) is 0 Å². The first-order valence-corrected chi connectivity index (χ1v) is 5.22. The van der Waals surface area contributed by atoms with E-state index in [9.17, 15) is 9.90 Å². The molecule has 0 radical (unpaired) electrons. The summed E-state index contributed by atoms with van der Waals surface area (Å²) in [7, 11) is 0. The number of hydrogen-bond donors (Lipinski definition) is 2. The van der Waals surface area contributed by atoms with Crippen LogP contribution in [0.4, 0.5) is 0 Å². The van der Waals surface area contributed by atoms with E-state index < -0.39 is 11.6 Å². The Morgan fingerprint density at radius 2 is 2.00 bits per heavy atom. The number of aromatic nitrogens is 2. The first-order valence-electron chi connectivity index (χ1n) is 5.22. The summed E-state index contributed by atoms with van der Waals surface area (Å²) in [6.07, 6.45) is 0.536. The van der Waals surface area contributed by atoms with Crippen molar-refractivity contribution in [3.63, 3.8) is 0 Å². The van der Waals surface area contributed by atoms with Crippen molar-refractivity contribution in [2.24, 2.45) is 0 Å². The molecule has 1 heterocycles. The second-order valence-electron chi connectivity index (χ2n) is 4.64. The van der Waals surface area contributed by atoms with Gasteiger partial charge >= 0.3 is 5.97 Å². The minimum atomic E-state index is -0.954. The Balaban J connectivity index is 2.91. The lowest BCUT2D eigenvalue weighted by Gasteiger charge is -2.17. The van der Waals surface area contributed by atoms with Gasteiger partial charge in [0.1, 0.15) is 5.56 Å². The largest absolute Gasteiger partial charge is 0.478 e. The zero-order chi connectivity index (χ0) is 12.5. The maximum Gasteiger partial charge on any atom is 0.339 e. The molecular formula is C11H18N2O3. The van der Waals surface area contributed by atoms with Crippen molar-refractivity contribution >= 4 is 5.97 Å². The van der Waals surface area contributed by atoms with Crippen molar-refractivity contribution in [3.05, 3.63) is 17.0 Å². The quantitative estimate of drug-likeness (QED) is 0.812. The standard InChI is InChI=1S/C11H18N2O3/c1-7-9(10(14)15)8(2)13(12-7)6-5-11(3,4)16/h16H,5-6H2,1-4H3,(H,14,15). The molecule has 16 heavy (non-hydrogen) atoms. The van der Waals surface area contributed by atoms with E-state index in [1.807, 2.05) is 0 Å². The van der Waals surface area contributed by atoms with Crippen LogP contribution < -0.4 is 0 Å². The van der Waals surface area contributed by atoms with Gasteiger partial charge in [-0.3, -0.25) is 4.68 Å². The molecule has 0 aliphatic carbocycles. The molecule has 0 aliphatic rings. The molecule has 0 unspecified atom stereocenters. The van der Waals surface area contributed by atoms with E-state index in [-0.39, 0.29) is 5.56 Å². The maximum atomic E-state index is 11.0. The average molecular weight is 226 g/mol. The molecule has 0 spiro atoms. The Bertz CT molecular complexity index is 402. The summed E-state index contributed by atoms with van der Waals surface area (Å²) in [5.41, 5.74) is 0.640. The highest BCUT2D eigenvalue weighted by atomic mass is 16.4. The Labute approximate surface area is 94.7 Å². The SMILES string of the molecule is Cc1nn(CCC(C)(C)O)c(C)c1C(=O)O. The van der Waals surface area contributed by atoms with Gasteiger partial charge in [0.15, 0.2) is 0 Å². The third-order valence-electron chi connectivity index (χ3n) is 2.53. The Hall–Kier alpha value is -1.36. The van der Waals surface area contributed by atoms with E-state index in [2.05, 4.69) is 5.10 Å².